The minimum atomic E-state index is 0.0529. The number of methoxy groups -OCH3 is 2. The van der Waals surface area contributed by atoms with Gasteiger partial charge in [-0.15, -0.1) is 0 Å². The van der Waals surface area contributed by atoms with Gasteiger partial charge in [0.15, 0.2) is 5.96 Å². The molecule has 92 valence electrons. The van der Waals surface area contributed by atoms with Gasteiger partial charge in [-0.25, -0.2) is 4.99 Å². The Balaban J connectivity index is 2.34. The largest absolute Gasteiger partial charge is 0.497 e. The normalized spacial score (nSPS) is 19.2. The summed E-state index contributed by atoms with van der Waals surface area (Å²) in [6, 6.07) is 5.80. The predicted octanol–water partition coefficient (Wildman–Crippen LogP) is 1.05. The Morgan fingerprint density at radius 3 is 2.82 bits per heavy atom. The number of nitrogens with one attached hydrogen (secondary N) is 1. The summed E-state index contributed by atoms with van der Waals surface area (Å²) < 4.78 is 10.5. The molecule has 0 bridgehead atoms. The number of benzene rings is 1. The minimum absolute atomic E-state index is 0.0529. The lowest BCUT2D eigenvalue weighted by atomic mass is 10.0. The Morgan fingerprint density at radius 1 is 1.35 bits per heavy atom. The van der Waals surface area contributed by atoms with Gasteiger partial charge in [0.05, 0.1) is 20.3 Å². The SMILES string of the molecule is COc1ccc(C2CCNC(N)=N2)c(OC)c1. The molecule has 0 amide bonds. The van der Waals surface area contributed by atoms with Crippen LogP contribution in [0.25, 0.3) is 0 Å². The second-order valence-corrected chi connectivity index (χ2v) is 3.85. The average Bonchev–Trinajstić information content (AvgIpc) is 2.38. The molecule has 1 heterocycles. The van der Waals surface area contributed by atoms with Crippen molar-refractivity contribution < 1.29 is 9.47 Å². The average molecular weight is 235 g/mol. The molecule has 5 heteroatoms. The summed E-state index contributed by atoms with van der Waals surface area (Å²) in [6.07, 6.45) is 0.906. The van der Waals surface area contributed by atoms with Crippen molar-refractivity contribution in [2.45, 2.75) is 12.5 Å². The molecule has 1 aromatic carbocycles. The van der Waals surface area contributed by atoms with Crippen LogP contribution in [0, 0.1) is 0 Å². The fourth-order valence-corrected chi connectivity index (χ4v) is 1.93. The molecule has 0 fully saturated rings. The van der Waals surface area contributed by atoms with Crippen LogP contribution in [0.4, 0.5) is 0 Å². The summed E-state index contributed by atoms with van der Waals surface area (Å²) >= 11 is 0. The summed E-state index contributed by atoms with van der Waals surface area (Å²) in [6.45, 7) is 0.829. The van der Waals surface area contributed by atoms with E-state index in [0.717, 1.165) is 30.0 Å². The maximum Gasteiger partial charge on any atom is 0.189 e. The van der Waals surface area contributed by atoms with Crippen LogP contribution < -0.4 is 20.5 Å². The number of nitrogens with two attached hydrogens (primary N) is 1. The Hall–Kier alpha value is -1.91. The van der Waals surface area contributed by atoms with E-state index >= 15 is 0 Å². The summed E-state index contributed by atoms with van der Waals surface area (Å²) in [4.78, 5) is 4.38. The molecule has 0 saturated carbocycles. The van der Waals surface area contributed by atoms with Gasteiger partial charge in [-0.05, 0) is 18.6 Å². The third-order valence-corrected chi connectivity index (χ3v) is 2.82. The van der Waals surface area contributed by atoms with Gasteiger partial charge in [-0.3, -0.25) is 0 Å². The van der Waals surface area contributed by atoms with E-state index in [1.807, 2.05) is 18.2 Å². The van der Waals surface area contributed by atoms with Crippen molar-refractivity contribution in [1.82, 2.24) is 5.32 Å². The van der Waals surface area contributed by atoms with E-state index in [2.05, 4.69) is 10.3 Å². The third-order valence-electron chi connectivity index (χ3n) is 2.82. The second kappa shape index (κ2) is 4.95. The minimum Gasteiger partial charge on any atom is -0.497 e. The number of rotatable bonds is 3. The fourth-order valence-electron chi connectivity index (χ4n) is 1.93. The van der Waals surface area contributed by atoms with E-state index in [1.165, 1.54) is 0 Å². The van der Waals surface area contributed by atoms with E-state index < -0.39 is 0 Å². The van der Waals surface area contributed by atoms with Crippen molar-refractivity contribution in [1.29, 1.82) is 0 Å². The lowest BCUT2D eigenvalue weighted by Crippen LogP contribution is -2.36. The Bertz CT molecular complexity index is 432. The summed E-state index contributed by atoms with van der Waals surface area (Å²) in [5.74, 6) is 2.04. The van der Waals surface area contributed by atoms with Crippen molar-refractivity contribution in [2.24, 2.45) is 10.7 Å². The first-order valence-corrected chi connectivity index (χ1v) is 5.53. The third kappa shape index (κ3) is 2.43. The van der Waals surface area contributed by atoms with Crippen LogP contribution in [-0.2, 0) is 0 Å². The Morgan fingerprint density at radius 2 is 2.18 bits per heavy atom. The molecule has 0 aromatic heterocycles. The molecule has 0 radical (unpaired) electrons. The van der Waals surface area contributed by atoms with Crippen LogP contribution in [0.15, 0.2) is 23.2 Å². The molecule has 1 unspecified atom stereocenters. The van der Waals surface area contributed by atoms with Gasteiger partial charge >= 0.3 is 0 Å². The number of ether oxygens (including phenoxy) is 2. The van der Waals surface area contributed by atoms with Crippen molar-refractivity contribution >= 4 is 5.96 Å². The Kier molecular flexibility index (Phi) is 3.37. The highest BCUT2D eigenvalue weighted by molar-refractivity contribution is 5.78. The first-order valence-electron chi connectivity index (χ1n) is 5.53. The maximum atomic E-state index is 5.68. The van der Waals surface area contributed by atoms with Gasteiger partial charge in [-0.1, -0.05) is 0 Å². The van der Waals surface area contributed by atoms with Gasteiger partial charge in [-0.2, -0.15) is 0 Å². The van der Waals surface area contributed by atoms with Crippen LogP contribution >= 0.6 is 0 Å². The zero-order valence-electron chi connectivity index (χ0n) is 10.1. The molecule has 0 aliphatic carbocycles. The first-order chi connectivity index (χ1) is 8.24. The molecule has 5 nitrogen and oxygen atoms in total. The van der Waals surface area contributed by atoms with Crippen molar-refractivity contribution in [3.8, 4) is 11.5 Å². The smallest absolute Gasteiger partial charge is 0.189 e. The van der Waals surface area contributed by atoms with E-state index in [9.17, 15) is 0 Å². The van der Waals surface area contributed by atoms with Gasteiger partial charge in [0.2, 0.25) is 0 Å². The first kappa shape index (κ1) is 11.6. The Labute approximate surface area is 101 Å². The highest BCUT2D eigenvalue weighted by atomic mass is 16.5. The van der Waals surface area contributed by atoms with Crippen molar-refractivity contribution in [3.63, 3.8) is 0 Å². The number of guanidine groups is 1. The van der Waals surface area contributed by atoms with E-state index in [1.54, 1.807) is 14.2 Å². The monoisotopic (exact) mass is 235 g/mol. The van der Waals surface area contributed by atoms with E-state index in [0.29, 0.717) is 5.96 Å². The molecule has 1 aliphatic heterocycles. The zero-order chi connectivity index (χ0) is 12.3. The molecule has 0 saturated heterocycles. The predicted molar refractivity (Wildman–Crippen MR) is 66.5 cm³/mol. The van der Waals surface area contributed by atoms with Crippen LogP contribution in [0.3, 0.4) is 0 Å². The number of hydrogen-bond acceptors (Lipinski definition) is 5. The molecular weight excluding hydrogens is 218 g/mol. The lowest BCUT2D eigenvalue weighted by molar-refractivity contribution is 0.387. The van der Waals surface area contributed by atoms with Crippen molar-refractivity contribution in [2.75, 3.05) is 20.8 Å². The molecule has 0 spiro atoms. The summed E-state index contributed by atoms with van der Waals surface area (Å²) in [5.41, 5.74) is 6.72. The highest BCUT2D eigenvalue weighted by Gasteiger charge is 2.19. The van der Waals surface area contributed by atoms with Crippen LogP contribution in [-0.4, -0.2) is 26.7 Å². The fraction of sp³-hybridized carbons (Fsp3) is 0.417. The van der Waals surface area contributed by atoms with Gasteiger partial charge in [0.25, 0.3) is 0 Å². The molecule has 1 atom stereocenters. The van der Waals surface area contributed by atoms with Gasteiger partial charge < -0.3 is 20.5 Å². The molecule has 2 rings (SSSR count). The molecule has 1 aromatic rings. The van der Waals surface area contributed by atoms with E-state index in [-0.39, 0.29) is 6.04 Å². The van der Waals surface area contributed by atoms with Crippen LogP contribution in [0.5, 0.6) is 11.5 Å². The second-order valence-electron chi connectivity index (χ2n) is 3.85. The molecule has 1 aliphatic rings. The van der Waals surface area contributed by atoms with Crippen molar-refractivity contribution in [3.05, 3.63) is 23.8 Å². The standard InChI is InChI=1S/C12H17N3O2/c1-16-8-3-4-9(11(7-8)17-2)10-5-6-14-12(13)15-10/h3-4,7,10H,5-6H2,1-2H3,(H3,13,14,15). The van der Waals surface area contributed by atoms with E-state index in [4.69, 9.17) is 15.2 Å². The number of nitrogens with zero attached hydrogens (tertiary/aromatic N) is 1. The van der Waals surface area contributed by atoms with Gasteiger partial charge in [0.1, 0.15) is 11.5 Å². The molecular formula is C12H17N3O2. The number of hydrogen-bond donors (Lipinski definition) is 2. The summed E-state index contributed by atoms with van der Waals surface area (Å²) in [7, 11) is 3.28. The maximum absolute atomic E-state index is 5.68. The zero-order valence-corrected chi connectivity index (χ0v) is 10.1. The topological polar surface area (TPSA) is 68.9 Å². The van der Waals surface area contributed by atoms with Crippen LogP contribution in [0.1, 0.15) is 18.0 Å². The summed E-state index contributed by atoms with van der Waals surface area (Å²) in [5, 5.41) is 3.00. The quantitative estimate of drug-likeness (QED) is 0.821. The van der Waals surface area contributed by atoms with Gasteiger partial charge in [0, 0.05) is 18.2 Å². The molecule has 3 N–H and O–H groups in total. The number of aliphatic imine (C=N–C) groups is 1. The van der Waals surface area contributed by atoms with Crippen LogP contribution in [0.2, 0.25) is 0 Å². The highest BCUT2D eigenvalue weighted by Crippen LogP contribution is 2.33. The molecule has 17 heavy (non-hydrogen) atoms. The lowest BCUT2D eigenvalue weighted by Gasteiger charge is -2.22.